The molecule has 7 rings (SSSR count). The van der Waals surface area contributed by atoms with Crippen molar-refractivity contribution in [3.63, 3.8) is 0 Å². The molecule has 0 saturated carbocycles. The average molecular weight is 369 g/mol. The molecule has 0 saturated heterocycles. The number of fused-ring (bicyclic) bond motifs is 11. The summed E-state index contributed by atoms with van der Waals surface area (Å²) in [6.45, 7) is 0. The van der Waals surface area contributed by atoms with Gasteiger partial charge >= 0.3 is 0 Å². The number of hydrogen-bond donors (Lipinski definition) is 0. The maximum Gasteiger partial charge on any atom is 0.165 e. The first-order valence-electron chi connectivity index (χ1n) is 9.79. The number of benzene rings is 4. The highest BCUT2D eigenvalue weighted by molar-refractivity contribution is 6.23. The quantitative estimate of drug-likeness (QED) is 0.226. The number of pyridine rings is 1. The van der Waals surface area contributed by atoms with Gasteiger partial charge in [-0.1, -0.05) is 66.7 Å². The lowest BCUT2D eigenvalue weighted by molar-refractivity contribution is 1.25. The lowest BCUT2D eigenvalue weighted by atomic mass is 10.0. The summed E-state index contributed by atoms with van der Waals surface area (Å²) >= 11 is 0. The van der Waals surface area contributed by atoms with E-state index in [-0.39, 0.29) is 0 Å². The van der Waals surface area contributed by atoms with Crippen molar-refractivity contribution in [2.24, 2.45) is 0 Å². The second-order valence-corrected chi connectivity index (χ2v) is 7.52. The molecule has 0 atom stereocenters. The van der Waals surface area contributed by atoms with Gasteiger partial charge in [-0.25, -0.2) is 9.97 Å². The Labute approximate surface area is 165 Å². The molecule has 0 bridgehead atoms. The van der Waals surface area contributed by atoms with Gasteiger partial charge in [0.2, 0.25) is 0 Å². The van der Waals surface area contributed by atoms with Gasteiger partial charge < -0.3 is 0 Å². The van der Waals surface area contributed by atoms with Gasteiger partial charge in [0.1, 0.15) is 5.52 Å². The van der Waals surface area contributed by atoms with E-state index in [0.717, 1.165) is 33.1 Å². The largest absolute Gasteiger partial charge is 0.292 e. The number of para-hydroxylation sites is 3. The first-order valence-corrected chi connectivity index (χ1v) is 9.79. The van der Waals surface area contributed by atoms with Gasteiger partial charge in [0.25, 0.3) is 0 Å². The molecule has 0 unspecified atom stereocenters. The van der Waals surface area contributed by atoms with Gasteiger partial charge in [0, 0.05) is 16.2 Å². The molecule has 0 aliphatic rings. The minimum Gasteiger partial charge on any atom is -0.292 e. The molecule has 0 fully saturated rings. The Bertz CT molecular complexity index is 1760. The smallest absolute Gasteiger partial charge is 0.165 e. The Morgan fingerprint density at radius 2 is 1.28 bits per heavy atom. The molecule has 3 nitrogen and oxygen atoms in total. The Kier molecular flexibility index (Phi) is 2.74. The SMILES string of the molecule is c1ccc2c(c1)ccc1c3nc4ccccc4nc3n3c4ccccc4cc3c21. The summed E-state index contributed by atoms with van der Waals surface area (Å²) < 4.78 is 2.28. The van der Waals surface area contributed by atoms with Crippen molar-refractivity contribution < 1.29 is 0 Å². The van der Waals surface area contributed by atoms with Crippen LogP contribution in [-0.4, -0.2) is 14.4 Å². The lowest BCUT2D eigenvalue weighted by Crippen LogP contribution is -1.97. The van der Waals surface area contributed by atoms with E-state index in [2.05, 4.69) is 71.1 Å². The first kappa shape index (κ1) is 15.0. The van der Waals surface area contributed by atoms with Gasteiger partial charge in [0.05, 0.1) is 22.1 Å². The van der Waals surface area contributed by atoms with Gasteiger partial charge in [0.15, 0.2) is 5.65 Å². The zero-order chi connectivity index (χ0) is 18.9. The Balaban J connectivity index is 1.90. The van der Waals surface area contributed by atoms with Crippen LogP contribution in [0.25, 0.3) is 60.2 Å². The molecule has 134 valence electrons. The maximum absolute atomic E-state index is 5.07. The lowest BCUT2D eigenvalue weighted by Gasteiger charge is -2.12. The van der Waals surface area contributed by atoms with Crippen molar-refractivity contribution in [3.8, 4) is 0 Å². The van der Waals surface area contributed by atoms with Gasteiger partial charge in [-0.05, 0) is 35.0 Å². The summed E-state index contributed by atoms with van der Waals surface area (Å²) in [5, 5.41) is 6.07. The van der Waals surface area contributed by atoms with E-state index < -0.39 is 0 Å². The highest BCUT2D eigenvalue weighted by Crippen LogP contribution is 2.37. The second-order valence-electron chi connectivity index (χ2n) is 7.52. The molecule has 0 amide bonds. The van der Waals surface area contributed by atoms with Crippen LogP contribution in [0.2, 0.25) is 0 Å². The average Bonchev–Trinajstić information content (AvgIpc) is 3.17. The fourth-order valence-electron chi connectivity index (χ4n) is 4.64. The molecule has 3 heteroatoms. The van der Waals surface area contributed by atoms with Crippen LogP contribution in [0.15, 0.2) is 91.0 Å². The van der Waals surface area contributed by atoms with Crippen LogP contribution in [0, 0.1) is 0 Å². The molecule has 7 aromatic rings. The molecule has 0 aliphatic carbocycles. The van der Waals surface area contributed by atoms with E-state index in [1.165, 1.54) is 27.1 Å². The highest BCUT2D eigenvalue weighted by Gasteiger charge is 2.16. The van der Waals surface area contributed by atoms with Crippen molar-refractivity contribution >= 4 is 60.2 Å². The van der Waals surface area contributed by atoms with E-state index in [9.17, 15) is 0 Å². The minimum atomic E-state index is 0.905. The van der Waals surface area contributed by atoms with Crippen LogP contribution >= 0.6 is 0 Å². The third kappa shape index (κ3) is 1.91. The zero-order valence-electron chi connectivity index (χ0n) is 15.5. The minimum absolute atomic E-state index is 0.905. The molecule has 3 aromatic heterocycles. The van der Waals surface area contributed by atoms with Crippen LogP contribution in [0.3, 0.4) is 0 Å². The predicted octanol–water partition coefficient (Wildman–Crippen LogP) is 6.50. The maximum atomic E-state index is 5.07. The van der Waals surface area contributed by atoms with Crippen molar-refractivity contribution in [1.82, 2.24) is 14.4 Å². The summed E-state index contributed by atoms with van der Waals surface area (Å²) in [5.41, 5.74) is 6.02. The number of aromatic nitrogens is 3. The summed E-state index contributed by atoms with van der Waals surface area (Å²) in [4.78, 5) is 10.1. The third-order valence-electron chi connectivity index (χ3n) is 5.92. The summed E-state index contributed by atoms with van der Waals surface area (Å²) in [5.74, 6) is 0. The monoisotopic (exact) mass is 369 g/mol. The number of nitrogens with zero attached hydrogens (tertiary/aromatic N) is 3. The molecule has 0 spiro atoms. The zero-order valence-corrected chi connectivity index (χ0v) is 15.5. The van der Waals surface area contributed by atoms with Crippen LogP contribution in [0.1, 0.15) is 0 Å². The van der Waals surface area contributed by atoms with Crippen molar-refractivity contribution in [2.75, 3.05) is 0 Å². The van der Waals surface area contributed by atoms with Crippen molar-refractivity contribution in [3.05, 3.63) is 91.0 Å². The van der Waals surface area contributed by atoms with E-state index in [0.29, 0.717) is 0 Å². The number of rotatable bonds is 0. The van der Waals surface area contributed by atoms with Crippen LogP contribution in [-0.2, 0) is 0 Å². The van der Waals surface area contributed by atoms with E-state index in [1.54, 1.807) is 0 Å². The Morgan fingerprint density at radius 3 is 2.17 bits per heavy atom. The fraction of sp³-hybridized carbons (Fsp3) is 0. The van der Waals surface area contributed by atoms with E-state index in [4.69, 9.17) is 9.97 Å². The predicted molar refractivity (Wildman–Crippen MR) is 121 cm³/mol. The molecule has 0 N–H and O–H groups in total. The molecular formula is C26H15N3. The molecular weight excluding hydrogens is 354 g/mol. The summed E-state index contributed by atoms with van der Waals surface area (Å²) in [6, 6.07) is 31.8. The summed E-state index contributed by atoms with van der Waals surface area (Å²) in [7, 11) is 0. The Hall–Kier alpha value is -3.98. The topological polar surface area (TPSA) is 30.2 Å². The molecule has 29 heavy (non-hydrogen) atoms. The van der Waals surface area contributed by atoms with E-state index >= 15 is 0 Å². The first-order chi connectivity index (χ1) is 14.4. The van der Waals surface area contributed by atoms with Gasteiger partial charge in [-0.15, -0.1) is 0 Å². The third-order valence-corrected chi connectivity index (χ3v) is 5.92. The normalized spacial score (nSPS) is 12.1. The van der Waals surface area contributed by atoms with Crippen LogP contribution in [0.5, 0.6) is 0 Å². The van der Waals surface area contributed by atoms with Crippen molar-refractivity contribution in [1.29, 1.82) is 0 Å². The molecule has 3 heterocycles. The molecule has 0 radical (unpaired) electrons. The van der Waals surface area contributed by atoms with Gasteiger partial charge in [-0.3, -0.25) is 4.40 Å². The van der Waals surface area contributed by atoms with Gasteiger partial charge in [-0.2, -0.15) is 0 Å². The van der Waals surface area contributed by atoms with Crippen LogP contribution < -0.4 is 0 Å². The number of hydrogen-bond acceptors (Lipinski definition) is 2. The molecule has 4 aromatic carbocycles. The van der Waals surface area contributed by atoms with Crippen molar-refractivity contribution in [2.45, 2.75) is 0 Å². The fourth-order valence-corrected chi connectivity index (χ4v) is 4.64. The second kappa shape index (κ2) is 5.30. The molecule has 0 aliphatic heterocycles. The highest BCUT2D eigenvalue weighted by atomic mass is 15.0. The van der Waals surface area contributed by atoms with Crippen LogP contribution in [0.4, 0.5) is 0 Å². The standard InChI is InChI=1S/C26H15N3/c1-3-9-18-16(7-1)13-14-19-24(18)23-15-17-8-2-6-12-22(17)29(23)26-25(19)27-20-10-4-5-11-21(20)28-26/h1-15H. The Morgan fingerprint density at radius 1 is 0.552 bits per heavy atom. The van der Waals surface area contributed by atoms with E-state index in [1.807, 2.05) is 24.3 Å². The summed E-state index contributed by atoms with van der Waals surface area (Å²) in [6.07, 6.45) is 0.